The molecule has 432 valence electrons. The molecule has 0 bridgehead atoms. The van der Waals surface area contributed by atoms with E-state index in [1.54, 1.807) is 0 Å². The lowest BCUT2D eigenvalue weighted by atomic mass is 10.0. The normalized spacial score (nSPS) is 12.9. The number of hydrogen-bond donors (Lipinski definition) is 0. The van der Waals surface area contributed by atoms with Crippen molar-refractivity contribution >= 4 is 17.9 Å². The van der Waals surface area contributed by atoms with Crippen molar-refractivity contribution in [1.82, 2.24) is 0 Å². The molecule has 1 unspecified atom stereocenters. The van der Waals surface area contributed by atoms with E-state index in [4.69, 9.17) is 14.2 Å². The van der Waals surface area contributed by atoms with E-state index >= 15 is 0 Å². The standard InChI is InChI=1S/C70H116O6/c1-4-7-10-13-16-18-20-22-24-26-28-29-30-31-32-33-34-35-36-37-38-39-40-41-43-44-46-48-50-52-54-57-60-63-69(72)75-66-67(65-74-68(71)62-59-56-15-12-9-6-3)76-70(73)64-61-58-55-53-51-49-47-45-42-27-25-23-21-19-17-14-11-8-5-2/h7-8,10-11,16-19,22-25,28-29,42,45,49,51,55,58,67H,4-6,9,12-15,20-21,26-27,30-41,43-44,46-48,50,52-54,56-57,59-66H2,1-3H3/b10-7-,11-8-,18-16-,19-17-,24-22-,25-23-,29-28-,45-42-,51-49-,58-55-. The Morgan fingerprint density at radius 1 is 0.276 bits per heavy atom. The largest absolute Gasteiger partial charge is 0.462 e. The van der Waals surface area contributed by atoms with E-state index in [-0.39, 0.29) is 31.6 Å². The van der Waals surface area contributed by atoms with Gasteiger partial charge in [-0.05, 0) is 96.3 Å². The van der Waals surface area contributed by atoms with Crippen molar-refractivity contribution in [1.29, 1.82) is 0 Å². The Morgan fingerprint density at radius 2 is 0.539 bits per heavy atom. The summed E-state index contributed by atoms with van der Waals surface area (Å²) in [5.41, 5.74) is 0. The molecule has 0 aliphatic rings. The molecule has 0 aromatic heterocycles. The summed E-state index contributed by atoms with van der Waals surface area (Å²) in [6.07, 6.45) is 88.4. The average molecular weight is 1050 g/mol. The van der Waals surface area contributed by atoms with Gasteiger partial charge in [-0.2, -0.15) is 0 Å². The third kappa shape index (κ3) is 60.7. The van der Waals surface area contributed by atoms with Gasteiger partial charge in [-0.3, -0.25) is 14.4 Å². The molecule has 0 saturated heterocycles. The molecular weight excluding hydrogens is 937 g/mol. The van der Waals surface area contributed by atoms with Crippen molar-refractivity contribution in [2.45, 2.75) is 290 Å². The van der Waals surface area contributed by atoms with Crippen LogP contribution in [-0.2, 0) is 28.6 Å². The lowest BCUT2D eigenvalue weighted by molar-refractivity contribution is -0.166. The molecule has 0 aliphatic heterocycles. The summed E-state index contributed by atoms with van der Waals surface area (Å²) >= 11 is 0. The zero-order valence-electron chi connectivity index (χ0n) is 49.5. The van der Waals surface area contributed by atoms with E-state index in [9.17, 15) is 14.4 Å². The lowest BCUT2D eigenvalue weighted by Crippen LogP contribution is -2.30. The van der Waals surface area contributed by atoms with Crippen molar-refractivity contribution < 1.29 is 28.6 Å². The second kappa shape index (κ2) is 63.3. The fourth-order valence-corrected chi connectivity index (χ4v) is 8.58. The van der Waals surface area contributed by atoms with E-state index in [2.05, 4.69) is 130 Å². The molecule has 0 fully saturated rings. The van der Waals surface area contributed by atoms with Gasteiger partial charge in [-0.15, -0.1) is 0 Å². The van der Waals surface area contributed by atoms with Crippen molar-refractivity contribution in [2.75, 3.05) is 13.2 Å². The van der Waals surface area contributed by atoms with Gasteiger partial charge in [-0.25, -0.2) is 0 Å². The van der Waals surface area contributed by atoms with E-state index in [1.807, 2.05) is 12.2 Å². The van der Waals surface area contributed by atoms with Crippen LogP contribution in [0.15, 0.2) is 122 Å². The monoisotopic (exact) mass is 1050 g/mol. The maximum atomic E-state index is 12.8. The first kappa shape index (κ1) is 71.8. The Bertz CT molecular complexity index is 1590. The van der Waals surface area contributed by atoms with Crippen LogP contribution in [0.1, 0.15) is 284 Å². The minimum Gasteiger partial charge on any atom is -0.462 e. The van der Waals surface area contributed by atoms with Crippen LogP contribution in [-0.4, -0.2) is 37.2 Å². The number of carbonyl (C=O) groups excluding carboxylic acids is 3. The molecule has 0 spiro atoms. The fraction of sp³-hybridized carbons (Fsp3) is 0.671. The van der Waals surface area contributed by atoms with Gasteiger partial charge in [0.1, 0.15) is 13.2 Å². The van der Waals surface area contributed by atoms with Crippen LogP contribution in [0.2, 0.25) is 0 Å². The SMILES string of the molecule is CC/C=C\C/C=C\C/C=C\C/C=C\C/C=C\C/C=C\CCC(=O)OC(COC(=O)CCCCCCCC)COC(=O)CCCCCCCCCCCCCCCCCCCCCC/C=C\C/C=C\C/C=C\C/C=C\CC. The topological polar surface area (TPSA) is 78.9 Å². The molecule has 0 rings (SSSR count). The third-order valence-electron chi connectivity index (χ3n) is 13.2. The van der Waals surface area contributed by atoms with Crippen molar-refractivity contribution in [3.63, 3.8) is 0 Å². The summed E-state index contributed by atoms with van der Waals surface area (Å²) in [6, 6.07) is 0. The maximum absolute atomic E-state index is 12.8. The van der Waals surface area contributed by atoms with Gasteiger partial charge in [-0.1, -0.05) is 290 Å². The Labute approximate surface area is 469 Å². The predicted molar refractivity (Wildman–Crippen MR) is 330 cm³/mol. The minimum atomic E-state index is -0.816. The van der Waals surface area contributed by atoms with Crippen molar-refractivity contribution in [3.8, 4) is 0 Å². The van der Waals surface area contributed by atoms with Gasteiger partial charge in [0.25, 0.3) is 0 Å². The van der Waals surface area contributed by atoms with Gasteiger partial charge >= 0.3 is 17.9 Å². The first-order valence-electron chi connectivity index (χ1n) is 31.5. The van der Waals surface area contributed by atoms with E-state index in [1.165, 1.54) is 135 Å². The number of rotatable bonds is 56. The zero-order valence-corrected chi connectivity index (χ0v) is 49.5. The van der Waals surface area contributed by atoms with E-state index in [0.717, 1.165) is 103 Å². The molecular formula is C70H116O6. The van der Waals surface area contributed by atoms with Crippen molar-refractivity contribution in [2.24, 2.45) is 0 Å². The smallest absolute Gasteiger partial charge is 0.306 e. The van der Waals surface area contributed by atoms with E-state index in [0.29, 0.717) is 19.3 Å². The molecule has 1 atom stereocenters. The molecule has 76 heavy (non-hydrogen) atoms. The zero-order chi connectivity index (χ0) is 55.0. The highest BCUT2D eigenvalue weighted by molar-refractivity contribution is 5.71. The Morgan fingerprint density at radius 3 is 0.855 bits per heavy atom. The molecule has 0 radical (unpaired) electrons. The summed E-state index contributed by atoms with van der Waals surface area (Å²) in [6.45, 7) is 6.30. The quantitative estimate of drug-likeness (QED) is 0.0261. The first-order valence-corrected chi connectivity index (χ1v) is 31.5. The highest BCUT2D eigenvalue weighted by atomic mass is 16.6. The molecule has 0 aromatic rings. The molecule has 0 N–H and O–H groups in total. The predicted octanol–water partition coefficient (Wildman–Crippen LogP) is 21.6. The van der Waals surface area contributed by atoms with Crippen LogP contribution < -0.4 is 0 Å². The lowest BCUT2D eigenvalue weighted by Gasteiger charge is -2.18. The number of unbranched alkanes of at least 4 members (excludes halogenated alkanes) is 25. The van der Waals surface area contributed by atoms with Crippen LogP contribution in [0.4, 0.5) is 0 Å². The molecule has 6 nitrogen and oxygen atoms in total. The number of ether oxygens (including phenoxy) is 3. The second-order valence-electron chi connectivity index (χ2n) is 20.6. The van der Waals surface area contributed by atoms with Gasteiger partial charge in [0.15, 0.2) is 6.10 Å². The highest BCUT2D eigenvalue weighted by Crippen LogP contribution is 2.16. The maximum Gasteiger partial charge on any atom is 0.306 e. The summed E-state index contributed by atoms with van der Waals surface area (Å²) in [4.78, 5) is 37.9. The third-order valence-corrected chi connectivity index (χ3v) is 13.2. The molecule has 0 amide bonds. The number of carbonyl (C=O) groups is 3. The Kier molecular flexibility index (Phi) is 59.9. The molecule has 0 heterocycles. The Balaban J connectivity index is 4.07. The Hall–Kier alpha value is -4.19. The van der Waals surface area contributed by atoms with Crippen LogP contribution in [0, 0.1) is 0 Å². The highest BCUT2D eigenvalue weighted by Gasteiger charge is 2.19. The van der Waals surface area contributed by atoms with Crippen LogP contribution >= 0.6 is 0 Å². The summed E-state index contributed by atoms with van der Waals surface area (Å²) in [5.74, 6) is -0.998. The number of allylic oxidation sites excluding steroid dienone is 20. The molecule has 6 heteroatoms. The van der Waals surface area contributed by atoms with Gasteiger partial charge in [0.05, 0.1) is 0 Å². The minimum absolute atomic E-state index is 0.107. The summed E-state index contributed by atoms with van der Waals surface area (Å²) < 4.78 is 16.7. The first-order chi connectivity index (χ1) is 37.5. The van der Waals surface area contributed by atoms with Gasteiger partial charge < -0.3 is 14.2 Å². The van der Waals surface area contributed by atoms with Gasteiger partial charge in [0.2, 0.25) is 0 Å². The van der Waals surface area contributed by atoms with Crippen LogP contribution in [0.25, 0.3) is 0 Å². The average Bonchev–Trinajstić information content (AvgIpc) is 3.42. The van der Waals surface area contributed by atoms with Crippen molar-refractivity contribution in [3.05, 3.63) is 122 Å². The number of hydrogen-bond acceptors (Lipinski definition) is 6. The van der Waals surface area contributed by atoms with Gasteiger partial charge in [0, 0.05) is 19.3 Å². The fourth-order valence-electron chi connectivity index (χ4n) is 8.58. The second-order valence-corrected chi connectivity index (χ2v) is 20.6. The van der Waals surface area contributed by atoms with Crippen LogP contribution in [0.5, 0.6) is 0 Å². The summed E-state index contributed by atoms with van der Waals surface area (Å²) in [7, 11) is 0. The molecule has 0 saturated carbocycles. The summed E-state index contributed by atoms with van der Waals surface area (Å²) in [5, 5.41) is 0. The molecule has 0 aliphatic carbocycles. The van der Waals surface area contributed by atoms with E-state index < -0.39 is 12.1 Å². The molecule has 0 aromatic carbocycles. The van der Waals surface area contributed by atoms with Crippen LogP contribution in [0.3, 0.4) is 0 Å². The number of esters is 3.